The molecule has 4 rings (SSSR count). The number of fused-ring (bicyclic) bond motifs is 1. The third kappa shape index (κ3) is 3.20. The van der Waals surface area contributed by atoms with Crippen LogP contribution in [0.4, 0.5) is 16.0 Å². The Hall–Kier alpha value is -4.01. The van der Waals surface area contributed by atoms with E-state index in [1.165, 1.54) is 25.4 Å². The second-order valence-corrected chi connectivity index (χ2v) is 5.89. The van der Waals surface area contributed by atoms with E-state index in [2.05, 4.69) is 25.1 Å². The lowest BCUT2D eigenvalue weighted by Gasteiger charge is -2.08. The van der Waals surface area contributed by atoms with Gasteiger partial charge in [0.2, 0.25) is 0 Å². The van der Waals surface area contributed by atoms with Crippen LogP contribution in [-0.2, 0) is 4.74 Å². The first kappa shape index (κ1) is 17.4. The molecule has 0 aliphatic carbocycles. The monoisotopic (exact) mass is 379 g/mol. The van der Waals surface area contributed by atoms with Gasteiger partial charge in [-0.05, 0) is 36.4 Å². The maximum atomic E-state index is 13.0. The number of H-pyrrole nitrogens is 1. The van der Waals surface area contributed by atoms with Crippen LogP contribution in [-0.4, -0.2) is 32.8 Å². The third-order valence-electron chi connectivity index (χ3n) is 4.11. The quantitative estimate of drug-likeness (QED) is 0.529. The highest BCUT2D eigenvalue weighted by Crippen LogP contribution is 2.20. The fourth-order valence-corrected chi connectivity index (χ4v) is 2.74. The first-order chi connectivity index (χ1) is 13.5. The van der Waals surface area contributed by atoms with Crippen molar-refractivity contribution in [2.75, 3.05) is 12.4 Å². The number of nitrogens with zero attached hydrogens (tertiary/aromatic N) is 3. The second-order valence-electron chi connectivity index (χ2n) is 5.89. The second kappa shape index (κ2) is 6.95. The van der Waals surface area contributed by atoms with Crippen molar-refractivity contribution in [1.29, 1.82) is 0 Å². The topological polar surface area (TPSA) is 102 Å². The molecule has 0 aliphatic heterocycles. The van der Waals surface area contributed by atoms with Gasteiger partial charge in [0.15, 0.2) is 0 Å². The van der Waals surface area contributed by atoms with Crippen molar-refractivity contribution in [3.8, 4) is 5.69 Å². The lowest BCUT2D eigenvalue weighted by Crippen LogP contribution is -2.05. The number of pyridine rings is 2. The Kier molecular flexibility index (Phi) is 4.32. The van der Waals surface area contributed by atoms with E-state index in [0.717, 1.165) is 6.20 Å². The largest absolute Gasteiger partial charge is 0.465 e. The molecule has 3 aromatic heterocycles. The molecule has 9 heteroatoms. The van der Waals surface area contributed by atoms with Crippen molar-refractivity contribution in [2.45, 2.75) is 0 Å². The molecule has 0 radical (unpaired) electrons. The number of methoxy groups -OCH3 is 1. The lowest BCUT2D eigenvalue weighted by atomic mass is 10.2. The van der Waals surface area contributed by atoms with E-state index >= 15 is 0 Å². The van der Waals surface area contributed by atoms with Crippen LogP contribution in [0.3, 0.4) is 0 Å². The molecule has 0 unspecified atom stereocenters. The van der Waals surface area contributed by atoms with E-state index in [1.807, 2.05) is 0 Å². The van der Waals surface area contributed by atoms with Gasteiger partial charge in [0, 0.05) is 12.3 Å². The van der Waals surface area contributed by atoms with Crippen molar-refractivity contribution in [3.63, 3.8) is 0 Å². The molecule has 0 atom stereocenters. The molecule has 4 aromatic rings. The van der Waals surface area contributed by atoms with Crippen LogP contribution in [0.5, 0.6) is 0 Å². The fourth-order valence-electron chi connectivity index (χ4n) is 2.74. The first-order valence-corrected chi connectivity index (χ1v) is 8.23. The number of hydrogen-bond acceptors (Lipinski definition) is 6. The molecule has 0 spiro atoms. The summed E-state index contributed by atoms with van der Waals surface area (Å²) in [6, 6.07) is 11.0. The van der Waals surface area contributed by atoms with Gasteiger partial charge < -0.3 is 10.1 Å². The van der Waals surface area contributed by atoms with Crippen molar-refractivity contribution in [2.24, 2.45) is 0 Å². The smallest absolute Gasteiger partial charge is 0.337 e. The van der Waals surface area contributed by atoms with Crippen molar-refractivity contribution in [3.05, 3.63) is 76.6 Å². The number of nitrogens with one attached hydrogen (secondary N) is 2. The van der Waals surface area contributed by atoms with Gasteiger partial charge in [-0.25, -0.2) is 19.2 Å². The summed E-state index contributed by atoms with van der Waals surface area (Å²) < 4.78 is 19.3. The Morgan fingerprint density at radius 3 is 2.54 bits per heavy atom. The Morgan fingerprint density at radius 2 is 1.86 bits per heavy atom. The standard InChI is InChI=1S/C19H14FN5O3/c1-28-19(27)11-2-5-13(6-3-11)25-15-8-17(22-10-14(15)18(26)24-25)23-16-7-4-12(20)9-21-16/h2-10H,1H3,(H,24,26)(H,21,22,23). The minimum absolute atomic E-state index is 0.300. The van der Waals surface area contributed by atoms with Crippen LogP contribution in [0.2, 0.25) is 0 Å². The summed E-state index contributed by atoms with van der Waals surface area (Å²) in [6.07, 6.45) is 2.54. The molecule has 0 saturated carbocycles. The Morgan fingerprint density at radius 1 is 1.11 bits per heavy atom. The molecule has 28 heavy (non-hydrogen) atoms. The Balaban J connectivity index is 1.73. The lowest BCUT2D eigenvalue weighted by molar-refractivity contribution is 0.0600. The van der Waals surface area contributed by atoms with Gasteiger partial charge in [0.1, 0.15) is 17.5 Å². The number of hydrogen-bond donors (Lipinski definition) is 2. The summed E-state index contributed by atoms with van der Waals surface area (Å²) >= 11 is 0. The Labute approximate surface area is 157 Å². The van der Waals surface area contributed by atoms with Crippen LogP contribution in [0.1, 0.15) is 10.4 Å². The number of esters is 1. The molecule has 0 bridgehead atoms. The highest BCUT2D eigenvalue weighted by atomic mass is 19.1. The minimum atomic E-state index is -0.445. The summed E-state index contributed by atoms with van der Waals surface area (Å²) in [5.74, 6) is -0.0330. The van der Waals surface area contributed by atoms with Gasteiger partial charge in [0.25, 0.3) is 5.56 Å². The number of benzene rings is 1. The molecule has 0 aliphatic rings. The molecule has 2 N–H and O–H groups in total. The average molecular weight is 379 g/mol. The number of halogens is 1. The van der Waals surface area contributed by atoms with Crippen molar-refractivity contribution in [1.82, 2.24) is 19.7 Å². The molecule has 3 heterocycles. The van der Waals surface area contributed by atoms with E-state index in [1.54, 1.807) is 35.0 Å². The zero-order valence-corrected chi connectivity index (χ0v) is 14.6. The van der Waals surface area contributed by atoms with E-state index in [-0.39, 0.29) is 5.56 Å². The van der Waals surface area contributed by atoms with Crippen LogP contribution in [0.25, 0.3) is 16.6 Å². The summed E-state index contributed by atoms with van der Waals surface area (Å²) in [7, 11) is 1.31. The molecule has 0 fully saturated rings. The van der Waals surface area contributed by atoms with E-state index in [9.17, 15) is 14.0 Å². The van der Waals surface area contributed by atoms with Crippen LogP contribution < -0.4 is 10.9 Å². The molecular weight excluding hydrogens is 365 g/mol. The van der Waals surface area contributed by atoms with Gasteiger partial charge in [-0.3, -0.25) is 14.6 Å². The summed E-state index contributed by atoms with van der Waals surface area (Å²) in [5, 5.41) is 6.10. The van der Waals surface area contributed by atoms with E-state index in [0.29, 0.717) is 33.8 Å². The SMILES string of the molecule is COC(=O)c1ccc(-n2[nH]c(=O)c3cnc(Nc4ccc(F)cn4)cc32)cc1. The fraction of sp³-hybridized carbons (Fsp3) is 0.0526. The zero-order valence-electron chi connectivity index (χ0n) is 14.6. The van der Waals surface area contributed by atoms with Crippen LogP contribution in [0.15, 0.2) is 59.7 Å². The normalized spacial score (nSPS) is 10.8. The van der Waals surface area contributed by atoms with Gasteiger partial charge in [-0.15, -0.1) is 0 Å². The molecule has 140 valence electrons. The minimum Gasteiger partial charge on any atom is -0.465 e. The molecule has 0 amide bonds. The molecule has 8 nitrogen and oxygen atoms in total. The molecular formula is C19H14FN5O3. The van der Waals surface area contributed by atoms with Crippen LogP contribution >= 0.6 is 0 Å². The third-order valence-corrected chi connectivity index (χ3v) is 4.11. The molecule has 1 aromatic carbocycles. The number of aromatic nitrogens is 4. The summed E-state index contributed by atoms with van der Waals surface area (Å²) in [6.45, 7) is 0. The Bertz CT molecular complexity index is 1210. The predicted octanol–water partition coefficient (Wildman–Crippen LogP) is 2.78. The number of carbonyl (C=O) groups is 1. The summed E-state index contributed by atoms with van der Waals surface area (Å²) in [5.41, 5.74) is 1.33. The first-order valence-electron chi connectivity index (χ1n) is 8.23. The van der Waals surface area contributed by atoms with Crippen LogP contribution in [0, 0.1) is 5.82 Å². The number of anilines is 2. The van der Waals surface area contributed by atoms with Crippen molar-refractivity contribution < 1.29 is 13.9 Å². The number of carbonyl (C=O) groups excluding carboxylic acids is 1. The number of ether oxygens (including phenoxy) is 1. The van der Waals surface area contributed by atoms with Gasteiger partial charge in [-0.1, -0.05) is 0 Å². The zero-order chi connectivity index (χ0) is 19.7. The number of rotatable bonds is 4. The highest BCUT2D eigenvalue weighted by molar-refractivity contribution is 5.89. The maximum absolute atomic E-state index is 13.0. The summed E-state index contributed by atoms with van der Waals surface area (Å²) in [4.78, 5) is 31.9. The highest BCUT2D eigenvalue weighted by Gasteiger charge is 2.12. The maximum Gasteiger partial charge on any atom is 0.337 e. The van der Waals surface area contributed by atoms with Gasteiger partial charge in [0.05, 0.1) is 35.5 Å². The van der Waals surface area contributed by atoms with E-state index in [4.69, 9.17) is 0 Å². The van der Waals surface area contributed by atoms with Gasteiger partial charge in [-0.2, -0.15) is 0 Å². The number of aromatic amines is 1. The predicted molar refractivity (Wildman–Crippen MR) is 101 cm³/mol. The molecule has 0 saturated heterocycles. The van der Waals surface area contributed by atoms with Crippen molar-refractivity contribution >= 4 is 28.5 Å². The van der Waals surface area contributed by atoms with E-state index < -0.39 is 11.8 Å². The van der Waals surface area contributed by atoms with Gasteiger partial charge >= 0.3 is 5.97 Å². The average Bonchev–Trinajstić information content (AvgIpc) is 3.05.